The van der Waals surface area contributed by atoms with Gasteiger partial charge in [-0.3, -0.25) is 0 Å². The number of aliphatic hydroxyl groups excluding tert-OH is 1. The average Bonchev–Trinajstić information content (AvgIpc) is 2.45. The molecule has 21 heavy (non-hydrogen) atoms. The summed E-state index contributed by atoms with van der Waals surface area (Å²) in [4.78, 5) is 11.5. The first-order valence-corrected chi connectivity index (χ1v) is 7.43. The predicted molar refractivity (Wildman–Crippen MR) is 85.7 cm³/mol. The van der Waals surface area contributed by atoms with Gasteiger partial charge in [0.1, 0.15) is 6.10 Å². The standard InChI is InChI=1S/C16H14BrClO3/c1-9-3-5-12(14(18)7-9)15(19)11-6-4-10(8-13(11)17)16(20)21-2/h3-8,15,19H,1-2H3. The van der Waals surface area contributed by atoms with Crippen molar-refractivity contribution in [2.24, 2.45) is 0 Å². The molecule has 0 spiro atoms. The summed E-state index contributed by atoms with van der Waals surface area (Å²) in [5.74, 6) is -0.426. The molecule has 2 aromatic rings. The molecule has 0 saturated heterocycles. The summed E-state index contributed by atoms with van der Waals surface area (Å²) < 4.78 is 5.29. The van der Waals surface area contributed by atoms with Crippen LogP contribution in [0.2, 0.25) is 5.02 Å². The number of rotatable bonds is 3. The van der Waals surface area contributed by atoms with E-state index in [0.29, 0.717) is 26.2 Å². The molecule has 2 rings (SSSR count). The van der Waals surface area contributed by atoms with E-state index in [1.165, 1.54) is 7.11 Å². The molecule has 110 valence electrons. The molecule has 0 radical (unpaired) electrons. The van der Waals surface area contributed by atoms with Gasteiger partial charge in [0.2, 0.25) is 0 Å². The van der Waals surface area contributed by atoms with Crippen LogP contribution in [0.5, 0.6) is 0 Å². The molecule has 0 amide bonds. The van der Waals surface area contributed by atoms with E-state index in [4.69, 9.17) is 11.6 Å². The first kappa shape index (κ1) is 16.0. The van der Waals surface area contributed by atoms with Crippen LogP contribution in [0.1, 0.15) is 33.2 Å². The van der Waals surface area contributed by atoms with Crippen LogP contribution in [0.3, 0.4) is 0 Å². The van der Waals surface area contributed by atoms with Gasteiger partial charge in [0.15, 0.2) is 0 Å². The number of carbonyl (C=O) groups is 1. The quantitative estimate of drug-likeness (QED) is 0.822. The lowest BCUT2D eigenvalue weighted by atomic mass is 9.99. The zero-order valence-corrected chi connectivity index (χ0v) is 13.9. The van der Waals surface area contributed by atoms with E-state index in [0.717, 1.165) is 5.56 Å². The summed E-state index contributed by atoms with van der Waals surface area (Å²) in [6, 6.07) is 10.4. The Bertz CT molecular complexity index is 685. The van der Waals surface area contributed by atoms with Crippen molar-refractivity contribution in [1.82, 2.24) is 0 Å². The number of aliphatic hydroxyl groups is 1. The van der Waals surface area contributed by atoms with Gasteiger partial charge >= 0.3 is 5.97 Å². The van der Waals surface area contributed by atoms with Crippen LogP contribution in [-0.2, 0) is 4.74 Å². The van der Waals surface area contributed by atoms with Gasteiger partial charge < -0.3 is 9.84 Å². The van der Waals surface area contributed by atoms with Gasteiger partial charge in [-0.25, -0.2) is 4.79 Å². The molecule has 1 atom stereocenters. The second kappa shape index (κ2) is 6.60. The van der Waals surface area contributed by atoms with Gasteiger partial charge in [-0.2, -0.15) is 0 Å². The number of aryl methyl sites for hydroxylation is 1. The molecule has 5 heteroatoms. The molecule has 0 saturated carbocycles. The first-order valence-electron chi connectivity index (χ1n) is 6.26. The molecule has 0 aliphatic carbocycles. The molecule has 0 aromatic heterocycles. The van der Waals surface area contributed by atoms with E-state index >= 15 is 0 Å². The highest BCUT2D eigenvalue weighted by Crippen LogP contribution is 2.33. The topological polar surface area (TPSA) is 46.5 Å². The van der Waals surface area contributed by atoms with E-state index in [2.05, 4.69) is 20.7 Å². The van der Waals surface area contributed by atoms with Gasteiger partial charge in [0, 0.05) is 15.1 Å². The third-order valence-corrected chi connectivity index (χ3v) is 4.18. The largest absolute Gasteiger partial charge is 0.465 e. The predicted octanol–water partition coefficient (Wildman–Crippen LogP) is 4.28. The number of halogens is 2. The number of benzene rings is 2. The minimum Gasteiger partial charge on any atom is -0.465 e. The fourth-order valence-electron chi connectivity index (χ4n) is 2.02. The van der Waals surface area contributed by atoms with Crippen molar-refractivity contribution >= 4 is 33.5 Å². The van der Waals surface area contributed by atoms with Gasteiger partial charge in [-0.1, -0.05) is 45.7 Å². The summed E-state index contributed by atoms with van der Waals surface area (Å²) in [6.07, 6.45) is -0.876. The van der Waals surface area contributed by atoms with Crippen molar-refractivity contribution in [2.45, 2.75) is 13.0 Å². The molecular formula is C16H14BrClO3. The normalized spacial score (nSPS) is 12.0. The van der Waals surface area contributed by atoms with E-state index < -0.39 is 12.1 Å². The van der Waals surface area contributed by atoms with Crippen molar-refractivity contribution in [1.29, 1.82) is 0 Å². The number of hydrogen-bond acceptors (Lipinski definition) is 3. The van der Waals surface area contributed by atoms with Gasteiger partial charge in [0.05, 0.1) is 12.7 Å². The molecule has 0 aliphatic rings. The molecule has 0 fully saturated rings. The zero-order valence-electron chi connectivity index (χ0n) is 11.6. The molecule has 1 N–H and O–H groups in total. The lowest BCUT2D eigenvalue weighted by Gasteiger charge is -2.16. The molecule has 0 aliphatic heterocycles. The van der Waals surface area contributed by atoms with Gasteiger partial charge in [-0.05, 0) is 36.2 Å². The van der Waals surface area contributed by atoms with Crippen LogP contribution in [0.25, 0.3) is 0 Å². The van der Waals surface area contributed by atoms with Crippen LogP contribution in [0, 0.1) is 6.92 Å². The van der Waals surface area contributed by atoms with Gasteiger partial charge in [-0.15, -0.1) is 0 Å². The Morgan fingerprint density at radius 1 is 1.24 bits per heavy atom. The van der Waals surface area contributed by atoms with Crippen molar-refractivity contribution in [3.05, 3.63) is 68.1 Å². The zero-order chi connectivity index (χ0) is 15.6. The minimum absolute atomic E-state index is 0.412. The molecular weight excluding hydrogens is 356 g/mol. The molecule has 2 aromatic carbocycles. The maximum atomic E-state index is 11.5. The fraction of sp³-hybridized carbons (Fsp3) is 0.188. The van der Waals surface area contributed by atoms with E-state index in [9.17, 15) is 9.90 Å². The second-order valence-electron chi connectivity index (χ2n) is 4.66. The third-order valence-electron chi connectivity index (χ3n) is 3.17. The van der Waals surface area contributed by atoms with E-state index in [-0.39, 0.29) is 0 Å². The summed E-state index contributed by atoms with van der Waals surface area (Å²) in [6.45, 7) is 1.93. The maximum absolute atomic E-state index is 11.5. The Kier molecular flexibility index (Phi) is 5.04. The van der Waals surface area contributed by atoms with Crippen LogP contribution in [0.15, 0.2) is 40.9 Å². The lowest BCUT2D eigenvalue weighted by Crippen LogP contribution is -2.05. The summed E-state index contributed by atoms with van der Waals surface area (Å²) >= 11 is 9.55. The maximum Gasteiger partial charge on any atom is 0.337 e. The molecule has 1 unspecified atom stereocenters. The van der Waals surface area contributed by atoms with Crippen molar-refractivity contribution in [3.8, 4) is 0 Å². The Balaban J connectivity index is 2.39. The summed E-state index contributed by atoms with van der Waals surface area (Å²) in [7, 11) is 1.32. The lowest BCUT2D eigenvalue weighted by molar-refractivity contribution is 0.0600. The number of carbonyl (C=O) groups excluding carboxylic acids is 1. The highest BCUT2D eigenvalue weighted by molar-refractivity contribution is 9.10. The van der Waals surface area contributed by atoms with Crippen molar-refractivity contribution in [3.63, 3.8) is 0 Å². The van der Waals surface area contributed by atoms with Crippen LogP contribution < -0.4 is 0 Å². The summed E-state index contributed by atoms with van der Waals surface area (Å²) in [5, 5.41) is 11.0. The monoisotopic (exact) mass is 368 g/mol. The van der Waals surface area contributed by atoms with E-state index in [1.54, 1.807) is 30.3 Å². The molecule has 0 heterocycles. The SMILES string of the molecule is COC(=O)c1ccc(C(O)c2ccc(C)cc2Cl)c(Br)c1. The van der Waals surface area contributed by atoms with E-state index in [1.807, 2.05) is 13.0 Å². The number of methoxy groups -OCH3 is 1. The number of esters is 1. The third kappa shape index (κ3) is 3.46. The Hall–Kier alpha value is -1.36. The average molecular weight is 370 g/mol. The second-order valence-corrected chi connectivity index (χ2v) is 5.92. The van der Waals surface area contributed by atoms with Crippen LogP contribution >= 0.6 is 27.5 Å². The highest BCUT2D eigenvalue weighted by Gasteiger charge is 2.18. The van der Waals surface area contributed by atoms with Crippen molar-refractivity contribution < 1.29 is 14.6 Å². The Labute approximate surface area is 136 Å². The van der Waals surface area contributed by atoms with Crippen LogP contribution in [-0.4, -0.2) is 18.2 Å². The Morgan fingerprint density at radius 2 is 1.90 bits per heavy atom. The highest BCUT2D eigenvalue weighted by atomic mass is 79.9. The number of hydrogen-bond donors (Lipinski definition) is 1. The number of ether oxygens (including phenoxy) is 1. The van der Waals surface area contributed by atoms with Gasteiger partial charge in [0.25, 0.3) is 0 Å². The fourth-order valence-corrected chi connectivity index (χ4v) is 2.95. The van der Waals surface area contributed by atoms with Crippen molar-refractivity contribution in [2.75, 3.05) is 7.11 Å². The first-order chi connectivity index (χ1) is 9.93. The summed E-state index contributed by atoms with van der Waals surface area (Å²) in [5.41, 5.74) is 2.69. The molecule has 0 bridgehead atoms. The smallest absolute Gasteiger partial charge is 0.337 e. The minimum atomic E-state index is -0.876. The molecule has 3 nitrogen and oxygen atoms in total. The Morgan fingerprint density at radius 3 is 2.48 bits per heavy atom. The van der Waals surface area contributed by atoms with Crippen LogP contribution in [0.4, 0.5) is 0 Å².